The zero-order valence-electron chi connectivity index (χ0n) is 8.58. The molecule has 0 unspecified atom stereocenters. The highest BCUT2D eigenvalue weighted by atomic mass is 16.3. The van der Waals surface area contributed by atoms with Gasteiger partial charge in [-0.1, -0.05) is 5.12 Å². The Morgan fingerprint density at radius 1 is 1.15 bits per heavy atom. The van der Waals surface area contributed by atoms with Crippen molar-refractivity contribution in [2.45, 2.75) is 13.8 Å². The van der Waals surface area contributed by atoms with E-state index in [0.717, 1.165) is 13.1 Å². The zero-order valence-corrected chi connectivity index (χ0v) is 8.58. The van der Waals surface area contributed by atoms with Gasteiger partial charge in [-0.15, -0.1) is 0 Å². The van der Waals surface area contributed by atoms with E-state index in [2.05, 4.69) is 19.3 Å². The fourth-order valence-corrected chi connectivity index (χ4v) is 1.27. The van der Waals surface area contributed by atoms with Gasteiger partial charge in [0.2, 0.25) is 0 Å². The number of hydrazine groups is 1. The average Bonchev–Trinajstić information content (AvgIpc) is 2.16. The molecule has 0 heterocycles. The lowest BCUT2D eigenvalue weighted by Gasteiger charge is -2.28. The summed E-state index contributed by atoms with van der Waals surface area (Å²) in [5.74, 6) is 0. The largest absolute Gasteiger partial charge is 0.395 e. The van der Waals surface area contributed by atoms with Gasteiger partial charge < -0.3 is 10.2 Å². The summed E-state index contributed by atoms with van der Waals surface area (Å²) in [4.78, 5) is 0. The molecule has 0 radical (unpaired) electrons. The first-order valence-corrected chi connectivity index (χ1v) is 4.87. The summed E-state index contributed by atoms with van der Waals surface area (Å²) in [6.45, 7) is 7.46. The van der Waals surface area contributed by atoms with E-state index in [9.17, 15) is 0 Å². The Labute approximate surface area is 79.9 Å². The molecule has 0 rings (SSSR count). The minimum atomic E-state index is 0.114. The molecule has 13 heavy (non-hydrogen) atoms. The van der Waals surface area contributed by atoms with Crippen LogP contribution in [0.15, 0.2) is 0 Å². The van der Waals surface area contributed by atoms with Crippen LogP contribution in [0.25, 0.3) is 0 Å². The second kappa shape index (κ2) is 8.40. The molecule has 0 aliphatic heterocycles. The molecule has 0 aromatic carbocycles. The SMILES string of the molecule is CC[NH+](CC)N(CCO)NCCO. The van der Waals surface area contributed by atoms with E-state index in [-0.39, 0.29) is 13.2 Å². The Morgan fingerprint density at radius 3 is 2.15 bits per heavy atom. The molecule has 0 saturated carbocycles. The van der Waals surface area contributed by atoms with Gasteiger partial charge in [0.15, 0.2) is 0 Å². The van der Waals surface area contributed by atoms with E-state index in [0.29, 0.717) is 13.1 Å². The third kappa shape index (κ3) is 5.17. The van der Waals surface area contributed by atoms with Gasteiger partial charge in [0.25, 0.3) is 0 Å². The van der Waals surface area contributed by atoms with E-state index in [1.165, 1.54) is 5.01 Å². The monoisotopic (exact) mass is 192 g/mol. The van der Waals surface area contributed by atoms with E-state index >= 15 is 0 Å². The third-order valence-corrected chi connectivity index (χ3v) is 1.94. The molecule has 80 valence electrons. The number of hydrogen-bond donors (Lipinski definition) is 4. The maximum absolute atomic E-state index is 8.82. The molecule has 0 amide bonds. The van der Waals surface area contributed by atoms with Gasteiger partial charge in [-0.2, -0.15) is 0 Å². The summed E-state index contributed by atoms with van der Waals surface area (Å²) >= 11 is 0. The molecule has 0 spiro atoms. The lowest BCUT2D eigenvalue weighted by atomic mass is 10.6. The molecule has 5 nitrogen and oxygen atoms in total. The Bertz CT molecular complexity index is 110. The van der Waals surface area contributed by atoms with Gasteiger partial charge in [-0.25, -0.2) is 10.4 Å². The van der Waals surface area contributed by atoms with Crippen molar-refractivity contribution in [3.63, 3.8) is 0 Å². The molecular formula is C8H22N3O2+. The highest BCUT2D eigenvalue weighted by Gasteiger charge is 2.13. The third-order valence-electron chi connectivity index (χ3n) is 1.94. The van der Waals surface area contributed by atoms with Crippen LogP contribution in [-0.4, -0.2) is 54.7 Å². The van der Waals surface area contributed by atoms with Crippen molar-refractivity contribution in [3.8, 4) is 0 Å². The van der Waals surface area contributed by atoms with E-state index in [4.69, 9.17) is 10.2 Å². The number of hydrogen-bond acceptors (Lipinski definition) is 4. The number of rotatable bonds is 8. The van der Waals surface area contributed by atoms with Gasteiger partial charge in [0.1, 0.15) is 0 Å². The van der Waals surface area contributed by atoms with Gasteiger partial charge in [0, 0.05) is 6.54 Å². The van der Waals surface area contributed by atoms with Crippen LogP contribution >= 0.6 is 0 Å². The first-order valence-electron chi connectivity index (χ1n) is 4.87. The molecule has 0 saturated heterocycles. The molecule has 0 bridgehead atoms. The van der Waals surface area contributed by atoms with Crippen molar-refractivity contribution in [1.29, 1.82) is 0 Å². The van der Waals surface area contributed by atoms with Crippen LogP contribution in [0.4, 0.5) is 0 Å². The van der Waals surface area contributed by atoms with Crippen LogP contribution in [-0.2, 0) is 0 Å². The smallest absolute Gasteiger partial charge is 0.0930 e. The standard InChI is InChI=1S/C8H21N3O2/c1-3-10(4-2)11(6-8-13)9-5-7-12/h9,12-13H,3-8H2,1-2H3/p+1. The second-order valence-electron chi connectivity index (χ2n) is 2.78. The highest BCUT2D eigenvalue weighted by molar-refractivity contribution is 4.37. The summed E-state index contributed by atoms with van der Waals surface area (Å²) in [7, 11) is 0. The normalized spacial score (nSPS) is 11.5. The van der Waals surface area contributed by atoms with Crippen molar-refractivity contribution in [2.75, 3.05) is 39.4 Å². The van der Waals surface area contributed by atoms with Crippen LogP contribution in [0, 0.1) is 0 Å². The number of aliphatic hydroxyl groups excluding tert-OH is 2. The summed E-state index contributed by atoms with van der Waals surface area (Å²) in [5, 5.41) is 20.6. The molecular weight excluding hydrogens is 170 g/mol. The first-order chi connectivity index (χ1) is 6.29. The van der Waals surface area contributed by atoms with E-state index in [1.807, 2.05) is 5.12 Å². The Hall–Kier alpha value is -0.200. The van der Waals surface area contributed by atoms with Crippen LogP contribution in [0.5, 0.6) is 0 Å². The van der Waals surface area contributed by atoms with Gasteiger partial charge in [0.05, 0.1) is 32.8 Å². The lowest BCUT2D eigenvalue weighted by Crippen LogP contribution is -3.19. The van der Waals surface area contributed by atoms with E-state index in [1.54, 1.807) is 0 Å². The number of quaternary nitrogens is 1. The molecule has 0 aliphatic rings. The predicted molar refractivity (Wildman–Crippen MR) is 50.9 cm³/mol. The first kappa shape index (κ1) is 12.8. The summed E-state index contributed by atoms with van der Waals surface area (Å²) in [6.07, 6.45) is 0. The van der Waals surface area contributed by atoms with Gasteiger partial charge in [-0.05, 0) is 13.8 Å². The number of nitrogens with zero attached hydrogens (tertiary/aromatic N) is 1. The molecule has 0 atom stereocenters. The topological polar surface area (TPSA) is 60.2 Å². The maximum Gasteiger partial charge on any atom is 0.0930 e. The van der Waals surface area contributed by atoms with Gasteiger partial charge in [-0.3, -0.25) is 0 Å². The lowest BCUT2D eigenvalue weighted by molar-refractivity contribution is -1.02. The highest BCUT2D eigenvalue weighted by Crippen LogP contribution is 1.69. The molecule has 5 heteroatoms. The number of nitrogens with one attached hydrogen (secondary N) is 2. The Balaban J connectivity index is 3.88. The summed E-state index contributed by atoms with van der Waals surface area (Å²) in [6, 6.07) is 0. The fraction of sp³-hybridized carbons (Fsp3) is 1.00. The average molecular weight is 192 g/mol. The Morgan fingerprint density at radius 2 is 1.77 bits per heavy atom. The Kier molecular flexibility index (Phi) is 8.27. The van der Waals surface area contributed by atoms with Crippen LogP contribution in [0.2, 0.25) is 0 Å². The predicted octanol–water partition coefficient (Wildman–Crippen LogP) is -2.38. The molecule has 0 aromatic heterocycles. The fourth-order valence-electron chi connectivity index (χ4n) is 1.27. The van der Waals surface area contributed by atoms with Crippen LogP contribution in [0.1, 0.15) is 13.8 Å². The quantitative estimate of drug-likeness (QED) is 0.324. The maximum atomic E-state index is 8.82. The second-order valence-corrected chi connectivity index (χ2v) is 2.78. The van der Waals surface area contributed by atoms with Crippen molar-refractivity contribution < 1.29 is 15.2 Å². The van der Waals surface area contributed by atoms with Crippen molar-refractivity contribution in [2.24, 2.45) is 0 Å². The summed E-state index contributed by atoms with van der Waals surface area (Å²) in [5.41, 5.74) is 3.06. The van der Waals surface area contributed by atoms with E-state index < -0.39 is 0 Å². The molecule has 4 N–H and O–H groups in total. The van der Waals surface area contributed by atoms with Crippen LogP contribution in [0.3, 0.4) is 0 Å². The molecule has 0 fully saturated rings. The van der Waals surface area contributed by atoms with Crippen molar-refractivity contribution >= 4 is 0 Å². The van der Waals surface area contributed by atoms with Crippen molar-refractivity contribution in [1.82, 2.24) is 10.5 Å². The van der Waals surface area contributed by atoms with Crippen LogP contribution < -0.4 is 10.4 Å². The van der Waals surface area contributed by atoms with Crippen molar-refractivity contribution in [3.05, 3.63) is 0 Å². The van der Waals surface area contributed by atoms with Gasteiger partial charge >= 0.3 is 0 Å². The minimum absolute atomic E-state index is 0.114. The molecule has 0 aromatic rings. The minimum Gasteiger partial charge on any atom is -0.395 e. The zero-order chi connectivity index (χ0) is 10.1. The number of aliphatic hydroxyl groups is 2. The summed E-state index contributed by atoms with van der Waals surface area (Å²) < 4.78 is 0. The molecule has 0 aliphatic carbocycles.